The molecule has 0 saturated carbocycles. The van der Waals surface area contributed by atoms with E-state index in [4.69, 9.17) is 0 Å². The molecule has 2 aliphatic rings. The van der Waals surface area contributed by atoms with Crippen LogP contribution >= 0.6 is 0 Å². The molecule has 0 radical (unpaired) electrons. The standard InChI is InChI=1S/C17H21F3N2O2/c18-17(19,20)14-5-2-1-4-13(14)15-10-12(23)11-22(15)9-8-21-7-3-6-16(21)24/h1-2,4-5,12,15,23H,3,6-11H2/t12-,15+/m0/s1. The van der Waals surface area contributed by atoms with E-state index in [1.54, 1.807) is 11.0 Å². The highest BCUT2D eigenvalue weighted by Gasteiger charge is 2.39. The molecule has 2 fully saturated rings. The molecule has 2 heterocycles. The second kappa shape index (κ2) is 6.72. The molecule has 1 aromatic carbocycles. The molecule has 3 rings (SSSR count). The number of hydrogen-bond donors (Lipinski definition) is 1. The number of carbonyl (C=O) groups excluding carboxylic acids is 1. The molecule has 2 saturated heterocycles. The van der Waals surface area contributed by atoms with Crippen molar-refractivity contribution in [2.24, 2.45) is 0 Å². The Balaban J connectivity index is 1.77. The van der Waals surface area contributed by atoms with E-state index in [9.17, 15) is 23.1 Å². The number of nitrogens with zero attached hydrogens (tertiary/aromatic N) is 2. The molecule has 1 aromatic rings. The summed E-state index contributed by atoms with van der Waals surface area (Å²) in [5.74, 6) is 0.0991. The number of aliphatic hydroxyl groups is 1. The monoisotopic (exact) mass is 342 g/mol. The second-order valence-electron chi connectivity index (χ2n) is 6.47. The number of likely N-dealkylation sites (tertiary alicyclic amines) is 2. The van der Waals surface area contributed by atoms with Gasteiger partial charge in [0, 0.05) is 38.6 Å². The maximum atomic E-state index is 13.3. The maximum absolute atomic E-state index is 13.3. The van der Waals surface area contributed by atoms with Gasteiger partial charge in [-0.3, -0.25) is 9.69 Å². The fourth-order valence-electron chi connectivity index (χ4n) is 3.69. The van der Waals surface area contributed by atoms with Crippen molar-refractivity contribution in [3.8, 4) is 0 Å². The summed E-state index contributed by atoms with van der Waals surface area (Å²) in [6.07, 6.45) is -3.41. The summed E-state index contributed by atoms with van der Waals surface area (Å²) in [7, 11) is 0. The number of hydrogen-bond acceptors (Lipinski definition) is 3. The van der Waals surface area contributed by atoms with Crippen molar-refractivity contribution < 1.29 is 23.1 Å². The van der Waals surface area contributed by atoms with Gasteiger partial charge in [0.1, 0.15) is 0 Å². The minimum absolute atomic E-state index is 0.0991. The number of aliphatic hydroxyl groups excluding tert-OH is 1. The van der Waals surface area contributed by atoms with Crippen molar-refractivity contribution >= 4 is 5.91 Å². The van der Waals surface area contributed by atoms with Crippen molar-refractivity contribution in [3.05, 3.63) is 35.4 Å². The number of halogens is 3. The minimum Gasteiger partial charge on any atom is -0.392 e. The quantitative estimate of drug-likeness (QED) is 0.914. The topological polar surface area (TPSA) is 43.8 Å². The van der Waals surface area contributed by atoms with Gasteiger partial charge >= 0.3 is 6.18 Å². The smallest absolute Gasteiger partial charge is 0.392 e. The number of alkyl halides is 3. The molecule has 132 valence electrons. The summed E-state index contributed by atoms with van der Waals surface area (Å²) in [5.41, 5.74) is -0.444. The van der Waals surface area contributed by atoms with Crippen LogP contribution in [0, 0.1) is 0 Å². The molecule has 1 amide bonds. The Bertz CT molecular complexity index is 606. The van der Waals surface area contributed by atoms with Gasteiger partial charge in [0.2, 0.25) is 5.91 Å². The molecule has 2 atom stereocenters. The summed E-state index contributed by atoms with van der Waals surface area (Å²) in [4.78, 5) is 15.3. The van der Waals surface area contributed by atoms with Gasteiger partial charge in [0.15, 0.2) is 0 Å². The van der Waals surface area contributed by atoms with Gasteiger partial charge in [-0.1, -0.05) is 18.2 Å². The molecular formula is C17H21F3N2O2. The number of amides is 1. The van der Waals surface area contributed by atoms with Crippen LogP contribution in [-0.2, 0) is 11.0 Å². The third-order valence-corrected chi connectivity index (χ3v) is 4.84. The lowest BCUT2D eigenvalue weighted by Crippen LogP contribution is -2.36. The normalized spacial score (nSPS) is 25.7. The molecule has 0 aliphatic carbocycles. The zero-order chi connectivity index (χ0) is 17.3. The first-order valence-electron chi connectivity index (χ1n) is 8.22. The number of carbonyl (C=O) groups is 1. The van der Waals surface area contributed by atoms with Gasteiger partial charge in [0.05, 0.1) is 11.7 Å². The average molecular weight is 342 g/mol. The van der Waals surface area contributed by atoms with E-state index < -0.39 is 23.9 Å². The lowest BCUT2D eigenvalue weighted by atomic mass is 9.97. The summed E-state index contributed by atoms with van der Waals surface area (Å²) in [6.45, 7) is 2.01. The van der Waals surface area contributed by atoms with Gasteiger partial charge in [-0.25, -0.2) is 0 Å². The molecule has 1 N–H and O–H groups in total. The van der Waals surface area contributed by atoms with Crippen LogP contribution < -0.4 is 0 Å². The zero-order valence-electron chi connectivity index (χ0n) is 13.3. The number of β-amino-alcohol motifs (C(OH)–C–C–N with tert-alkyl or cyclic N) is 1. The van der Waals surface area contributed by atoms with Crippen LogP contribution in [-0.4, -0.2) is 53.1 Å². The van der Waals surface area contributed by atoms with Crippen LogP contribution in [0.5, 0.6) is 0 Å². The van der Waals surface area contributed by atoms with Gasteiger partial charge in [-0.15, -0.1) is 0 Å². The first kappa shape index (κ1) is 17.2. The first-order chi connectivity index (χ1) is 11.4. The van der Waals surface area contributed by atoms with Crippen LogP contribution in [0.25, 0.3) is 0 Å². The van der Waals surface area contributed by atoms with Crippen LogP contribution in [0.4, 0.5) is 13.2 Å². The Kier molecular flexibility index (Phi) is 4.83. The lowest BCUT2D eigenvalue weighted by molar-refractivity contribution is -0.138. The number of rotatable bonds is 4. The van der Waals surface area contributed by atoms with Gasteiger partial charge in [-0.2, -0.15) is 13.2 Å². The third kappa shape index (κ3) is 3.57. The third-order valence-electron chi connectivity index (χ3n) is 4.84. The van der Waals surface area contributed by atoms with Crippen LogP contribution in [0.3, 0.4) is 0 Å². The predicted molar refractivity (Wildman–Crippen MR) is 82.2 cm³/mol. The van der Waals surface area contributed by atoms with E-state index in [-0.39, 0.29) is 17.9 Å². The fraction of sp³-hybridized carbons (Fsp3) is 0.588. The van der Waals surface area contributed by atoms with Gasteiger partial charge < -0.3 is 10.0 Å². The lowest BCUT2D eigenvalue weighted by Gasteiger charge is -2.28. The molecule has 0 spiro atoms. The van der Waals surface area contributed by atoms with E-state index in [0.717, 1.165) is 12.5 Å². The Hall–Kier alpha value is -1.60. The molecule has 0 aromatic heterocycles. The SMILES string of the molecule is O=C1CCCN1CCN1C[C@@H](O)C[C@@H]1c1ccccc1C(F)(F)F. The van der Waals surface area contributed by atoms with Crippen molar-refractivity contribution in [2.45, 2.75) is 37.6 Å². The van der Waals surface area contributed by atoms with E-state index >= 15 is 0 Å². The molecule has 0 bridgehead atoms. The Morgan fingerprint density at radius 2 is 1.96 bits per heavy atom. The number of benzene rings is 1. The largest absolute Gasteiger partial charge is 0.416 e. The molecule has 4 nitrogen and oxygen atoms in total. The van der Waals surface area contributed by atoms with Crippen LogP contribution in [0.15, 0.2) is 24.3 Å². The van der Waals surface area contributed by atoms with E-state index in [2.05, 4.69) is 0 Å². The van der Waals surface area contributed by atoms with Crippen molar-refractivity contribution in [1.82, 2.24) is 9.80 Å². The van der Waals surface area contributed by atoms with E-state index in [1.807, 2.05) is 4.90 Å². The van der Waals surface area contributed by atoms with Crippen LogP contribution in [0.2, 0.25) is 0 Å². The highest BCUT2D eigenvalue weighted by molar-refractivity contribution is 5.78. The van der Waals surface area contributed by atoms with Gasteiger partial charge in [0.25, 0.3) is 0 Å². The van der Waals surface area contributed by atoms with Crippen molar-refractivity contribution in [1.29, 1.82) is 0 Å². The molecule has 2 aliphatic heterocycles. The second-order valence-corrected chi connectivity index (χ2v) is 6.47. The first-order valence-corrected chi connectivity index (χ1v) is 8.22. The molecule has 7 heteroatoms. The predicted octanol–water partition coefficient (Wildman–Crippen LogP) is 2.44. The van der Waals surface area contributed by atoms with Crippen molar-refractivity contribution in [2.75, 3.05) is 26.2 Å². The zero-order valence-corrected chi connectivity index (χ0v) is 13.3. The Morgan fingerprint density at radius 1 is 1.21 bits per heavy atom. The van der Waals surface area contributed by atoms with Gasteiger partial charge in [-0.05, 0) is 24.5 Å². The summed E-state index contributed by atoms with van der Waals surface area (Å²) in [6, 6.07) is 5.07. The van der Waals surface area contributed by atoms with E-state index in [0.29, 0.717) is 32.6 Å². The van der Waals surface area contributed by atoms with Crippen LogP contribution in [0.1, 0.15) is 36.4 Å². The summed E-state index contributed by atoms with van der Waals surface area (Å²) < 4.78 is 39.8. The summed E-state index contributed by atoms with van der Waals surface area (Å²) in [5, 5.41) is 9.97. The highest BCUT2D eigenvalue weighted by Crippen LogP contribution is 2.40. The Labute approximate surface area is 138 Å². The molecule has 24 heavy (non-hydrogen) atoms. The highest BCUT2D eigenvalue weighted by atomic mass is 19.4. The van der Waals surface area contributed by atoms with Crippen molar-refractivity contribution in [3.63, 3.8) is 0 Å². The van der Waals surface area contributed by atoms with E-state index in [1.165, 1.54) is 12.1 Å². The molecule has 0 unspecified atom stereocenters. The average Bonchev–Trinajstić information content (AvgIpc) is 3.10. The Morgan fingerprint density at radius 3 is 2.62 bits per heavy atom. The minimum atomic E-state index is -4.42. The fourth-order valence-corrected chi connectivity index (χ4v) is 3.69. The maximum Gasteiger partial charge on any atom is 0.416 e. The summed E-state index contributed by atoms with van der Waals surface area (Å²) >= 11 is 0. The molecular weight excluding hydrogens is 321 g/mol.